The van der Waals surface area contributed by atoms with Crippen molar-refractivity contribution < 1.29 is 13.2 Å². The zero-order chi connectivity index (χ0) is 19.6. The minimum absolute atomic E-state index is 0.0312. The van der Waals surface area contributed by atoms with Crippen LogP contribution in [0.1, 0.15) is 43.0 Å². The summed E-state index contributed by atoms with van der Waals surface area (Å²) in [6, 6.07) is 7.17. The first kappa shape index (κ1) is 19.6. The average Bonchev–Trinajstić information content (AvgIpc) is 3.01. The summed E-state index contributed by atoms with van der Waals surface area (Å²) in [5.74, 6) is 0.714. The van der Waals surface area contributed by atoms with Crippen LogP contribution in [0.25, 0.3) is 0 Å². The molecule has 7 nitrogen and oxygen atoms in total. The van der Waals surface area contributed by atoms with E-state index in [1.807, 2.05) is 30.7 Å². The van der Waals surface area contributed by atoms with Crippen molar-refractivity contribution in [3.05, 3.63) is 47.0 Å². The molecule has 3 rings (SSSR count). The number of hydrogen-bond donors (Lipinski definition) is 1. The summed E-state index contributed by atoms with van der Waals surface area (Å²) in [5, 5.41) is 2.83. The molecular weight excluding hydrogens is 364 g/mol. The van der Waals surface area contributed by atoms with Gasteiger partial charge in [0, 0.05) is 26.4 Å². The van der Waals surface area contributed by atoms with Gasteiger partial charge in [0.15, 0.2) is 0 Å². The molecule has 1 amide bonds. The summed E-state index contributed by atoms with van der Waals surface area (Å²) in [6.45, 7) is 4.81. The fourth-order valence-electron chi connectivity index (χ4n) is 3.37. The molecule has 8 heteroatoms. The molecule has 0 unspecified atom stereocenters. The van der Waals surface area contributed by atoms with E-state index >= 15 is 0 Å². The summed E-state index contributed by atoms with van der Waals surface area (Å²) < 4.78 is 29.8. The summed E-state index contributed by atoms with van der Waals surface area (Å²) >= 11 is 0. The number of imidazole rings is 1. The van der Waals surface area contributed by atoms with Crippen molar-refractivity contribution in [2.24, 2.45) is 7.05 Å². The number of aromatic nitrogens is 2. The van der Waals surface area contributed by atoms with Crippen LogP contribution in [0.4, 0.5) is 0 Å². The Morgan fingerprint density at radius 2 is 2.00 bits per heavy atom. The van der Waals surface area contributed by atoms with Crippen molar-refractivity contribution in [3.8, 4) is 0 Å². The minimum atomic E-state index is -3.56. The largest absolute Gasteiger partial charge is 0.349 e. The molecule has 0 aliphatic carbocycles. The highest BCUT2D eigenvalue weighted by Gasteiger charge is 2.32. The van der Waals surface area contributed by atoms with Gasteiger partial charge in [-0.3, -0.25) is 4.79 Å². The lowest BCUT2D eigenvalue weighted by Gasteiger charge is -2.27. The van der Waals surface area contributed by atoms with E-state index in [0.29, 0.717) is 43.8 Å². The molecular formula is C19H26N4O3S. The van der Waals surface area contributed by atoms with Crippen LogP contribution >= 0.6 is 0 Å². The standard InChI is InChI=1S/C19H26N4O3S/c1-4-14-8-6-7-9-17(14)27(25,26)23-11-10-15-16(13-23)22(3)18(21-15)12-20-19(24)5-2/h6-9H,4-5,10-13H2,1-3H3,(H,20,24). The lowest BCUT2D eigenvalue weighted by atomic mass is 10.2. The predicted molar refractivity (Wildman–Crippen MR) is 102 cm³/mol. The van der Waals surface area contributed by atoms with Gasteiger partial charge in [-0.15, -0.1) is 0 Å². The van der Waals surface area contributed by atoms with Gasteiger partial charge >= 0.3 is 0 Å². The summed E-state index contributed by atoms with van der Waals surface area (Å²) in [5.41, 5.74) is 2.63. The van der Waals surface area contributed by atoms with Crippen LogP contribution < -0.4 is 5.32 Å². The Labute approximate surface area is 160 Å². The van der Waals surface area contributed by atoms with E-state index in [2.05, 4.69) is 10.3 Å². The van der Waals surface area contributed by atoms with E-state index in [-0.39, 0.29) is 5.91 Å². The van der Waals surface area contributed by atoms with E-state index in [4.69, 9.17) is 0 Å². The minimum Gasteiger partial charge on any atom is -0.349 e. The number of carbonyl (C=O) groups is 1. The summed E-state index contributed by atoms with van der Waals surface area (Å²) in [4.78, 5) is 16.5. The van der Waals surface area contributed by atoms with Crippen molar-refractivity contribution in [1.82, 2.24) is 19.2 Å². The number of hydrogen-bond acceptors (Lipinski definition) is 4. The molecule has 0 atom stereocenters. The lowest BCUT2D eigenvalue weighted by molar-refractivity contribution is -0.120. The normalized spacial score (nSPS) is 14.8. The van der Waals surface area contributed by atoms with Crippen LogP contribution in [-0.2, 0) is 47.8 Å². The monoisotopic (exact) mass is 390 g/mol. The molecule has 0 radical (unpaired) electrons. The third-order valence-corrected chi connectivity index (χ3v) is 7.00. The highest BCUT2D eigenvalue weighted by atomic mass is 32.2. The maximum atomic E-state index is 13.2. The Balaban J connectivity index is 1.85. The number of fused-ring (bicyclic) bond motifs is 1. The number of sulfonamides is 1. The number of carbonyl (C=O) groups excluding carboxylic acids is 1. The average molecular weight is 391 g/mol. The highest BCUT2D eigenvalue weighted by molar-refractivity contribution is 7.89. The Hall–Kier alpha value is -2.19. The Morgan fingerprint density at radius 1 is 1.26 bits per heavy atom. The summed E-state index contributed by atoms with van der Waals surface area (Å²) in [7, 11) is -1.69. The number of amides is 1. The molecule has 1 aliphatic heterocycles. The lowest BCUT2D eigenvalue weighted by Crippen LogP contribution is -2.37. The third-order valence-electron chi connectivity index (χ3n) is 5.05. The molecule has 2 aromatic rings. The van der Waals surface area contributed by atoms with Gasteiger partial charge in [0.2, 0.25) is 15.9 Å². The van der Waals surface area contributed by atoms with E-state index < -0.39 is 10.0 Å². The topological polar surface area (TPSA) is 84.3 Å². The van der Waals surface area contributed by atoms with Gasteiger partial charge in [0.1, 0.15) is 5.82 Å². The Morgan fingerprint density at radius 3 is 2.70 bits per heavy atom. The molecule has 1 aromatic carbocycles. The van der Waals surface area contributed by atoms with Crippen molar-refractivity contribution in [3.63, 3.8) is 0 Å². The van der Waals surface area contributed by atoms with Crippen LogP contribution in [0.3, 0.4) is 0 Å². The number of nitrogens with one attached hydrogen (secondary N) is 1. The molecule has 1 N–H and O–H groups in total. The molecule has 1 aliphatic rings. The molecule has 1 aromatic heterocycles. The zero-order valence-corrected chi connectivity index (χ0v) is 16.8. The first-order chi connectivity index (χ1) is 12.9. The van der Waals surface area contributed by atoms with Gasteiger partial charge in [0.25, 0.3) is 0 Å². The van der Waals surface area contributed by atoms with Gasteiger partial charge in [-0.05, 0) is 18.1 Å². The van der Waals surface area contributed by atoms with Crippen molar-refractivity contribution in [2.45, 2.75) is 51.1 Å². The van der Waals surface area contributed by atoms with Gasteiger partial charge in [-0.1, -0.05) is 32.0 Å². The first-order valence-corrected chi connectivity index (χ1v) is 10.7. The summed E-state index contributed by atoms with van der Waals surface area (Å²) in [6.07, 6.45) is 1.66. The maximum absolute atomic E-state index is 13.2. The molecule has 0 saturated carbocycles. The van der Waals surface area contributed by atoms with E-state index in [1.165, 1.54) is 4.31 Å². The van der Waals surface area contributed by atoms with Crippen LogP contribution in [0, 0.1) is 0 Å². The molecule has 0 fully saturated rings. The second-order valence-corrected chi connectivity index (χ2v) is 8.57. The highest BCUT2D eigenvalue weighted by Crippen LogP contribution is 2.27. The number of rotatable bonds is 6. The molecule has 2 heterocycles. The quantitative estimate of drug-likeness (QED) is 0.814. The SMILES string of the molecule is CCC(=O)NCc1nc2c(n1C)CN(S(=O)(=O)c1ccccc1CC)CC2. The fourth-order valence-corrected chi connectivity index (χ4v) is 5.07. The Kier molecular flexibility index (Phi) is 5.67. The molecule has 27 heavy (non-hydrogen) atoms. The number of benzene rings is 1. The maximum Gasteiger partial charge on any atom is 0.243 e. The van der Waals surface area contributed by atoms with Crippen LogP contribution in [0.5, 0.6) is 0 Å². The van der Waals surface area contributed by atoms with Crippen molar-refractivity contribution >= 4 is 15.9 Å². The molecule has 0 spiro atoms. The van der Waals surface area contributed by atoms with E-state index in [0.717, 1.165) is 22.8 Å². The molecule has 0 saturated heterocycles. The van der Waals surface area contributed by atoms with E-state index in [1.54, 1.807) is 19.1 Å². The smallest absolute Gasteiger partial charge is 0.243 e. The third kappa shape index (κ3) is 3.77. The number of nitrogens with zero attached hydrogens (tertiary/aromatic N) is 3. The van der Waals surface area contributed by atoms with Crippen LogP contribution in [0.2, 0.25) is 0 Å². The molecule has 146 valence electrons. The zero-order valence-electron chi connectivity index (χ0n) is 16.0. The number of aryl methyl sites for hydroxylation is 1. The van der Waals surface area contributed by atoms with Crippen molar-refractivity contribution in [1.29, 1.82) is 0 Å². The fraction of sp³-hybridized carbons (Fsp3) is 0.474. The predicted octanol–water partition coefficient (Wildman–Crippen LogP) is 1.76. The molecule has 0 bridgehead atoms. The first-order valence-electron chi connectivity index (χ1n) is 9.26. The van der Waals surface area contributed by atoms with Gasteiger partial charge < -0.3 is 9.88 Å². The van der Waals surface area contributed by atoms with Gasteiger partial charge in [-0.2, -0.15) is 4.31 Å². The van der Waals surface area contributed by atoms with Crippen LogP contribution in [-0.4, -0.2) is 34.7 Å². The second kappa shape index (κ2) is 7.82. The second-order valence-electron chi connectivity index (χ2n) is 6.66. The van der Waals surface area contributed by atoms with Gasteiger partial charge in [0.05, 0.1) is 29.4 Å². The van der Waals surface area contributed by atoms with Gasteiger partial charge in [-0.25, -0.2) is 13.4 Å². The van der Waals surface area contributed by atoms with Crippen molar-refractivity contribution in [2.75, 3.05) is 6.54 Å². The van der Waals surface area contributed by atoms with Crippen LogP contribution in [0.15, 0.2) is 29.2 Å². The van der Waals surface area contributed by atoms with E-state index in [9.17, 15) is 13.2 Å². The Bertz CT molecular complexity index is 950.